The molecular formula is C19H21NO5. The van der Waals surface area contributed by atoms with E-state index in [4.69, 9.17) is 9.47 Å². The van der Waals surface area contributed by atoms with E-state index < -0.39 is 18.0 Å². The molecule has 0 bridgehead atoms. The van der Waals surface area contributed by atoms with Gasteiger partial charge in [0.2, 0.25) is 0 Å². The van der Waals surface area contributed by atoms with Crippen LogP contribution in [0.15, 0.2) is 54.6 Å². The maximum absolute atomic E-state index is 11.9. The quantitative estimate of drug-likeness (QED) is 0.755. The lowest BCUT2D eigenvalue weighted by molar-refractivity contribution is -0.145. The molecule has 0 aliphatic heterocycles. The maximum Gasteiger partial charge on any atom is 0.407 e. The fourth-order valence-electron chi connectivity index (χ4n) is 2.30. The van der Waals surface area contributed by atoms with Crippen LogP contribution in [0.4, 0.5) is 4.79 Å². The molecule has 0 heterocycles. The molecule has 2 aromatic carbocycles. The number of phenolic OH excluding ortho intramolecular Hbond substituents is 1. The zero-order chi connectivity index (χ0) is 18.1. The summed E-state index contributed by atoms with van der Waals surface area (Å²) < 4.78 is 9.91. The SMILES string of the molecule is COC(=O)C(CNC(=O)OCc1ccccc1)Cc1ccc(O)cc1. The summed E-state index contributed by atoms with van der Waals surface area (Å²) in [5.41, 5.74) is 1.74. The number of amides is 1. The Morgan fingerprint density at radius 1 is 1.04 bits per heavy atom. The van der Waals surface area contributed by atoms with E-state index in [1.807, 2.05) is 30.3 Å². The monoisotopic (exact) mass is 343 g/mol. The minimum atomic E-state index is -0.594. The third-order valence-corrected chi connectivity index (χ3v) is 3.66. The molecule has 0 radical (unpaired) electrons. The van der Waals surface area contributed by atoms with Crippen LogP contribution in [0.25, 0.3) is 0 Å². The van der Waals surface area contributed by atoms with Crippen molar-refractivity contribution in [3.05, 3.63) is 65.7 Å². The number of ether oxygens (including phenoxy) is 2. The van der Waals surface area contributed by atoms with Gasteiger partial charge in [0.15, 0.2) is 0 Å². The van der Waals surface area contributed by atoms with Crippen LogP contribution in [0.3, 0.4) is 0 Å². The van der Waals surface area contributed by atoms with Crippen molar-refractivity contribution in [1.82, 2.24) is 5.32 Å². The highest BCUT2D eigenvalue weighted by molar-refractivity contribution is 5.74. The van der Waals surface area contributed by atoms with Gasteiger partial charge in [0.25, 0.3) is 0 Å². The number of phenols is 1. The van der Waals surface area contributed by atoms with E-state index in [-0.39, 0.29) is 18.9 Å². The molecular weight excluding hydrogens is 322 g/mol. The van der Waals surface area contributed by atoms with Crippen LogP contribution >= 0.6 is 0 Å². The lowest BCUT2D eigenvalue weighted by Crippen LogP contribution is -2.35. The molecule has 1 amide bonds. The second-order valence-electron chi connectivity index (χ2n) is 5.53. The summed E-state index contributed by atoms with van der Waals surface area (Å²) in [5.74, 6) is -0.809. The van der Waals surface area contributed by atoms with Crippen LogP contribution < -0.4 is 5.32 Å². The minimum Gasteiger partial charge on any atom is -0.508 e. The summed E-state index contributed by atoms with van der Waals surface area (Å²) in [4.78, 5) is 23.7. The van der Waals surface area contributed by atoms with Gasteiger partial charge in [-0.25, -0.2) is 4.79 Å². The van der Waals surface area contributed by atoms with Crippen molar-refractivity contribution in [2.45, 2.75) is 13.0 Å². The first-order chi connectivity index (χ1) is 12.1. The summed E-state index contributed by atoms with van der Waals surface area (Å²) in [6.07, 6.45) is -0.213. The number of nitrogens with one attached hydrogen (secondary N) is 1. The molecule has 2 N–H and O–H groups in total. The first-order valence-corrected chi connectivity index (χ1v) is 7.88. The Kier molecular flexibility index (Phi) is 6.83. The van der Waals surface area contributed by atoms with Crippen molar-refractivity contribution < 1.29 is 24.2 Å². The van der Waals surface area contributed by atoms with E-state index in [1.54, 1.807) is 24.3 Å². The summed E-state index contributed by atoms with van der Waals surface area (Å²) in [6.45, 7) is 0.259. The fourth-order valence-corrected chi connectivity index (χ4v) is 2.30. The molecule has 0 fully saturated rings. The van der Waals surface area contributed by atoms with Gasteiger partial charge in [0.1, 0.15) is 12.4 Å². The van der Waals surface area contributed by atoms with Gasteiger partial charge in [-0.3, -0.25) is 4.79 Å². The molecule has 0 spiro atoms. The second kappa shape index (κ2) is 9.32. The number of carbonyl (C=O) groups is 2. The van der Waals surface area contributed by atoms with Crippen molar-refractivity contribution in [3.8, 4) is 5.75 Å². The Morgan fingerprint density at radius 3 is 2.36 bits per heavy atom. The van der Waals surface area contributed by atoms with E-state index in [1.165, 1.54) is 7.11 Å². The second-order valence-corrected chi connectivity index (χ2v) is 5.53. The normalized spacial score (nSPS) is 11.4. The fraction of sp³-hybridized carbons (Fsp3) is 0.263. The highest BCUT2D eigenvalue weighted by Gasteiger charge is 2.21. The Balaban J connectivity index is 1.85. The molecule has 6 heteroatoms. The van der Waals surface area contributed by atoms with Crippen LogP contribution in [-0.4, -0.2) is 30.8 Å². The Hall–Kier alpha value is -3.02. The zero-order valence-electron chi connectivity index (χ0n) is 14.0. The average Bonchev–Trinajstić information content (AvgIpc) is 2.65. The number of alkyl carbamates (subject to hydrolysis) is 1. The van der Waals surface area contributed by atoms with Crippen molar-refractivity contribution in [3.63, 3.8) is 0 Å². The van der Waals surface area contributed by atoms with Crippen LogP contribution in [0, 0.1) is 5.92 Å². The number of aromatic hydroxyl groups is 1. The Bertz CT molecular complexity index is 685. The highest BCUT2D eigenvalue weighted by atomic mass is 16.5. The number of carbonyl (C=O) groups excluding carboxylic acids is 2. The summed E-state index contributed by atoms with van der Waals surface area (Å²) in [5, 5.41) is 11.9. The summed E-state index contributed by atoms with van der Waals surface area (Å²) in [6, 6.07) is 15.9. The maximum atomic E-state index is 11.9. The predicted octanol–water partition coefficient (Wildman–Crippen LogP) is 2.65. The molecule has 0 aliphatic carbocycles. The first kappa shape index (κ1) is 18.3. The molecule has 6 nitrogen and oxygen atoms in total. The molecule has 132 valence electrons. The van der Waals surface area contributed by atoms with Crippen molar-refractivity contribution in [2.75, 3.05) is 13.7 Å². The van der Waals surface area contributed by atoms with Crippen LogP contribution in [-0.2, 0) is 27.3 Å². The molecule has 0 saturated heterocycles. The van der Waals surface area contributed by atoms with Crippen LogP contribution in [0.2, 0.25) is 0 Å². The van der Waals surface area contributed by atoms with E-state index in [9.17, 15) is 14.7 Å². The predicted molar refractivity (Wildman–Crippen MR) is 91.9 cm³/mol. The zero-order valence-corrected chi connectivity index (χ0v) is 14.0. The number of methoxy groups -OCH3 is 1. The van der Waals surface area contributed by atoms with Crippen molar-refractivity contribution >= 4 is 12.1 Å². The molecule has 2 rings (SSSR count). The smallest absolute Gasteiger partial charge is 0.407 e. The third-order valence-electron chi connectivity index (χ3n) is 3.66. The molecule has 0 aliphatic rings. The Labute approximate surface area is 146 Å². The van der Waals surface area contributed by atoms with Gasteiger partial charge < -0.3 is 19.9 Å². The van der Waals surface area contributed by atoms with Crippen LogP contribution in [0.5, 0.6) is 5.75 Å². The van der Waals surface area contributed by atoms with Gasteiger partial charge in [-0.15, -0.1) is 0 Å². The largest absolute Gasteiger partial charge is 0.508 e. The number of hydrogen-bond acceptors (Lipinski definition) is 5. The molecule has 2 aromatic rings. The summed E-state index contributed by atoms with van der Waals surface area (Å²) >= 11 is 0. The molecule has 1 atom stereocenters. The molecule has 0 saturated carbocycles. The van der Waals surface area contributed by atoms with E-state index in [0.717, 1.165) is 11.1 Å². The van der Waals surface area contributed by atoms with E-state index in [0.29, 0.717) is 6.42 Å². The highest BCUT2D eigenvalue weighted by Crippen LogP contribution is 2.14. The molecule has 25 heavy (non-hydrogen) atoms. The van der Waals surface area contributed by atoms with Gasteiger partial charge in [-0.1, -0.05) is 42.5 Å². The lowest BCUT2D eigenvalue weighted by atomic mass is 9.99. The molecule has 0 aromatic heterocycles. The van der Waals surface area contributed by atoms with Gasteiger partial charge in [-0.05, 0) is 29.7 Å². The topological polar surface area (TPSA) is 84.9 Å². The number of esters is 1. The average molecular weight is 343 g/mol. The summed E-state index contributed by atoms with van der Waals surface area (Å²) in [7, 11) is 1.31. The van der Waals surface area contributed by atoms with Gasteiger partial charge in [0, 0.05) is 6.54 Å². The van der Waals surface area contributed by atoms with Crippen molar-refractivity contribution in [1.29, 1.82) is 0 Å². The third kappa shape index (κ3) is 6.18. The van der Waals surface area contributed by atoms with Gasteiger partial charge in [-0.2, -0.15) is 0 Å². The van der Waals surface area contributed by atoms with E-state index in [2.05, 4.69) is 5.32 Å². The standard InChI is InChI=1S/C19H21NO5/c1-24-18(22)16(11-14-7-9-17(21)10-8-14)12-20-19(23)25-13-15-5-3-2-4-6-15/h2-10,16,21H,11-13H2,1H3,(H,20,23). The lowest BCUT2D eigenvalue weighted by Gasteiger charge is -2.15. The van der Waals surface area contributed by atoms with Crippen molar-refractivity contribution in [2.24, 2.45) is 5.92 Å². The van der Waals surface area contributed by atoms with E-state index >= 15 is 0 Å². The Morgan fingerprint density at radius 2 is 1.72 bits per heavy atom. The first-order valence-electron chi connectivity index (χ1n) is 7.88. The van der Waals surface area contributed by atoms with Gasteiger partial charge >= 0.3 is 12.1 Å². The number of hydrogen-bond donors (Lipinski definition) is 2. The van der Waals surface area contributed by atoms with Crippen LogP contribution in [0.1, 0.15) is 11.1 Å². The molecule has 1 unspecified atom stereocenters. The van der Waals surface area contributed by atoms with Gasteiger partial charge in [0.05, 0.1) is 13.0 Å². The number of benzene rings is 2. The number of rotatable bonds is 7. The minimum absolute atomic E-state index is 0.0984.